The highest BCUT2D eigenvalue weighted by Gasteiger charge is 2.21. The van der Waals surface area contributed by atoms with Gasteiger partial charge in [0.05, 0.1) is 6.42 Å². The Kier molecular flexibility index (Phi) is 6.86. The van der Waals surface area contributed by atoms with E-state index in [1.165, 1.54) is 7.05 Å². The summed E-state index contributed by atoms with van der Waals surface area (Å²) in [5.74, 6) is -1.37. The normalized spacial score (nSPS) is 11.6. The van der Waals surface area contributed by atoms with Gasteiger partial charge in [0.15, 0.2) is 0 Å². The number of primary amides is 1. The summed E-state index contributed by atoms with van der Waals surface area (Å²) in [5, 5.41) is 7.60. The van der Waals surface area contributed by atoms with Crippen molar-refractivity contribution in [2.75, 3.05) is 20.6 Å². The largest absolute Gasteiger partial charge is 0.370 e. The Balaban J connectivity index is 4.25. The number of likely N-dealkylation sites (N-methyl/N-ethyl adjacent to an activating group) is 1. The summed E-state index contributed by atoms with van der Waals surface area (Å²) in [6.07, 6.45) is 0.0354. The summed E-state index contributed by atoms with van der Waals surface area (Å²) in [6, 6.07) is -0.896. The molecule has 7 nitrogen and oxygen atoms in total. The molecule has 0 fully saturated rings. The molecule has 0 aromatic rings. The molecule has 92 valence electrons. The Hall–Kier alpha value is -1.63. The van der Waals surface area contributed by atoms with Crippen LogP contribution in [-0.4, -0.2) is 44.4 Å². The zero-order chi connectivity index (χ0) is 12.6. The third-order valence-corrected chi connectivity index (χ3v) is 1.91. The number of nitrogens with one attached hydrogen (secondary N) is 3. The Morgan fingerprint density at radius 3 is 2.31 bits per heavy atom. The van der Waals surface area contributed by atoms with Crippen LogP contribution in [-0.2, 0) is 14.4 Å². The van der Waals surface area contributed by atoms with Gasteiger partial charge in [-0.2, -0.15) is 0 Å². The number of rotatable bonds is 7. The number of nitrogens with two attached hydrogens (primary N) is 1. The van der Waals surface area contributed by atoms with Crippen molar-refractivity contribution in [3.63, 3.8) is 0 Å². The van der Waals surface area contributed by atoms with E-state index in [1.807, 2.05) is 0 Å². The molecular formula is C9H18N4O3. The van der Waals surface area contributed by atoms with E-state index in [1.54, 1.807) is 7.05 Å². The molecule has 7 heteroatoms. The molecule has 0 heterocycles. The summed E-state index contributed by atoms with van der Waals surface area (Å²) in [4.78, 5) is 33.3. The standard InChI is InChI=1S/C9H18N4O3/c1-11-4-3-8(15)13-6(5-7(10)14)9(16)12-2/h6,11H,3-5H2,1-2H3,(H2,10,14)(H,12,16)(H,13,15). The monoisotopic (exact) mass is 230 g/mol. The van der Waals surface area contributed by atoms with E-state index in [-0.39, 0.29) is 18.7 Å². The number of amides is 3. The Morgan fingerprint density at radius 1 is 1.25 bits per heavy atom. The van der Waals surface area contributed by atoms with E-state index in [2.05, 4.69) is 16.0 Å². The van der Waals surface area contributed by atoms with Gasteiger partial charge in [0.1, 0.15) is 6.04 Å². The van der Waals surface area contributed by atoms with Crippen molar-refractivity contribution in [2.24, 2.45) is 5.73 Å². The first-order valence-electron chi connectivity index (χ1n) is 4.95. The number of hydrogen-bond acceptors (Lipinski definition) is 4. The molecule has 0 aliphatic heterocycles. The minimum atomic E-state index is -0.896. The molecule has 0 rings (SSSR count). The van der Waals surface area contributed by atoms with E-state index in [0.29, 0.717) is 6.54 Å². The lowest BCUT2D eigenvalue weighted by Gasteiger charge is -2.15. The second-order valence-electron chi connectivity index (χ2n) is 3.26. The van der Waals surface area contributed by atoms with Crippen LogP contribution in [0.3, 0.4) is 0 Å². The molecule has 0 aromatic carbocycles. The third kappa shape index (κ3) is 5.97. The fourth-order valence-corrected chi connectivity index (χ4v) is 1.09. The average Bonchev–Trinajstić information content (AvgIpc) is 2.23. The van der Waals surface area contributed by atoms with E-state index in [9.17, 15) is 14.4 Å². The van der Waals surface area contributed by atoms with Crippen LogP contribution in [0.25, 0.3) is 0 Å². The van der Waals surface area contributed by atoms with Gasteiger partial charge < -0.3 is 21.7 Å². The van der Waals surface area contributed by atoms with Crippen LogP contribution in [0.1, 0.15) is 12.8 Å². The van der Waals surface area contributed by atoms with Crippen LogP contribution >= 0.6 is 0 Å². The van der Waals surface area contributed by atoms with Crippen molar-refractivity contribution in [1.29, 1.82) is 0 Å². The van der Waals surface area contributed by atoms with E-state index < -0.39 is 17.9 Å². The summed E-state index contributed by atoms with van der Waals surface area (Å²) < 4.78 is 0. The van der Waals surface area contributed by atoms with Gasteiger partial charge in [0.25, 0.3) is 0 Å². The summed E-state index contributed by atoms with van der Waals surface area (Å²) in [6.45, 7) is 0.503. The molecular weight excluding hydrogens is 212 g/mol. The van der Waals surface area contributed by atoms with Crippen LogP contribution < -0.4 is 21.7 Å². The highest BCUT2D eigenvalue weighted by molar-refractivity contribution is 5.91. The molecule has 3 amide bonds. The topological polar surface area (TPSA) is 113 Å². The fourth-order valence-electron chi connectivity index (χ4n) is 1.09. The fraction of sp³-hybridized carbons (Fsp3) is 0.667. The maximum Gasteiger partial charge on any atom is 0.242 e. The maximum atomic E-state index is 11.3. The molecule has 0 saturated carbocycles. The molecule has 1 unspecified atom stereocenters. The molecule has 0 aliphatic rings. The van der Waals surface area contributed by atoms with Gasteiger partial charge >= 0.3 is 0 Å². The third-order valence-electron chi connectivity index (χ3n) is 1.91. The maximum absolute atomic E-state index is 11.3. The lowest BCUT2D eigenvalue weighted by atomic mass is 10.1. The van der Waals surface area contributed by atoms with Crippen LogP contribution in [0.2, 0.25) is 0 Å². The number of carbonyl (C=O) groups excluding carboxylic acids is 3. The minimum absolute atomic E-state index is 0.203. The lowest BCUT2D eigenvalue weighted by Crippen LogP contribution is -2.48. The van der Waals surface area contributed by atoms with Crippen LogP contribution in [0.4, 0.5) is 0 Å². The Bertz CT molecular complexity index is 267. The average molecular weight is 230 g/mol. The van der Waals surface area contributed by atoms with Gasteiger partial charge in [0, 0.05) is 20.0 Å². The molecule has 0 saturated heterocycles. The van der Waals surface area contributed by atoms with Crippen molar-refractivity contribution in [3.8, 4) is 0 Å². The van der Waals surface area contributed by atoms with Crippen molar-refractivity contribution in [2.45, 2.75) is 18.9 Å². The Labute approximate surface area is 94.1 Å². The van der Waals surface area contributed by atoms with Crippen LogP contribution in [0.15, 0.2) is 0 Å². The summed E-state index contributed by atoms with van der Waals surface area (Å²) >= 11 is 0. The van der Waals surface area contributed by atoms with Gasteiger partial charge in [-0.15, -0.1) is 0 Å². The first kappa shape index (κ1) is 14.4. The molecule has 0 bridgehead atoms. The van der Waals surface area contributed by atoms with E-state index in [4.69, 9.17) is 5.73 Å². The molecule has 0 spiro atoms. The summed E-state index contributed by atoms with van der Waals surface area (Å²) in [5.41, 5.74) is 4.98. The predicted molar refractivity (Wildman–Crippen MR) is 58.4 cm³/mol. The molecule has 16 heavy (non-hydrogen) atoms. The van der Waals surface area contributed by atoms with E-state index >= 15 is 0 Å². The molecule has 5 N–H and O–H groups in total. The number of carbonyl (C=O) groups is 3. The zero-order valence-corrected chi connectivity index (χ0v) is 9.50. The first-order valence-corrected chi connectivity index (χ1v) is 4.95. The van der Waals surface area contributed by atoms with Crippen LogP contribution in [0.5, 0.6) is 0 Å². The van der Waals surface area contributed by atoms with Crippen molar-refractivity contribution in [1.82, 2.24) is 16.0 Å². The quantitative estimate of drug-likeness (QED) is 0.394. The smallest absolute Gasteiger partial charge is 0.242 e. The van der Waals surface area contributed by atoms with Gasteiger partial charge in [0.2, 0.25) is 17.7 Å². The summed E-state index contributed by atoms with van der Waals surface area (Å²) in [7, 11) is 3.14. The van der Waals surface area contributed by atoms with E-state index in [0.717, 1.165) is 0 Å². The predicted octanol–water partition coefficient (Wildman–Crippen LogP) is -2.30. The van der Waals surface area contributed by atoms with Gasteiger partial charge in [-0.1, -0.05) is 0 Å². The van der Waals surface area contributed by atoms with Gasteiger partial charge in [-0.3, -0.25) is 14.4 Å². The Morgan fingerprint density at radius 2 is 1.88 bits per heavy atom. The lowest BCUT2D eigenvalue weighted by molar-refractivity contribution is -0.130. The van der Waals surface area contributed by atoms with Crippen molar-refractivity contribution in [3.05, 3.63) is 0 Å². The SMILES string of the molecule is CNCCC(=O)NC(CC(N)=O)C(=O)NC. The second kappa shape index (κ2) is 7.63. The molecule has 0 aliphatic carbocycles. The van der Waals surface area contributed by atoms with Crippen LogP contribution in [0, 0.1) is 0 Å². The van der Waals surface area contributed by atoms with Gasteiger partial charge in [-0.25, -0.2) is 0 Å². The molecule has 1 atom stereocenters. The second-order valence-corrected chi connectivity index (χ2v) is 3.26. The van der Waals surface area contributed by atoms with Crippen molar-refractivity contribution < 1.29 is 14.4 Å². The zero-order valence-electron chi connectivity index (χ0n) is 9.50. The van der Waals surface area contributed by atoms with Crippen molar-refractivity contribution >= 4 is 17.7 Å². The molecule has 0 radical (unpaired) electrons. The van der Waals surface area contributed by atoms with Gasteiger partial charge in [-0.05, 0) is 7.05 Å². The molecule has 0 aromatic heterocycles. The highest BCUT2D eigenvalue weighted by atomic mass is 16.2. The highest BCUT2D eigenvalue weighted by Crippen LogP contribution is 1.92. The minimum Gasteiger partial charge on any atom is -0.370 e. The first-order chi connectivity index (χ1) is 7.51. The number of hydrogen-bond donors (Lipinski definition) is 4.